The van der Waals surface area contributed by atoms with Crippen molar-refractivity contribution in [1.82, 2.24) is 14.7 Å². The summed E-state index contributed by atoms with van der Waals surface area (Å²) < 4.78 is 1.97. The van der Waals surface area contributed by atoms with Gasteiger partial charge in [-0.2, -0.15) is 5.10 Å². The smallest absolute Gasteiger partial charge is 0.323 e. The van der Waals surface area contributed by atoms with Crippen molar-refractivity contribution in [2.24, 2.45) is 0 Å². The molecule has 1 saturated heterocycles. The quantitative estimate of drug-likeness (QED) is 0.900. The fourth-order valence-corrected chi connectivity index (χ4v) is 2.76. The van der Waals surface area contributed by atoms with Crippen LogP contribution in [-0.4, -0.2) is 37.8 Å². The fourth-order valence-electron chi connectivity index (χ4n) is 2.76. The Bertz CT molecular complexity index is 471. The monoisotopic (exact) mass is 279 g/mol. The van der Waals surface area contributed by atoms with Crippen LogP contribution >= 0.6 is 0 Å². The fraction of sp³-hybridized carbons (Fsp3) is 0.733. The lowest BCUT2D eigenvalue weighted by Gasteiger charge is -2.41. The molecule has 20 heavy (non-hydrogen) atoms. The van der Waals surface area contributed by atoms with Gasteiger partial charge in [0.2, 0.25) is 0 Å². The molecule has 5 heteroatoms. The van der Waals surface area contributed by atoms with E-state index in [0.29, 0.717) is 19.0 Å². The van der Waals surface area contributed by atoms with E-state index in [2.05, 4.69) is 23.8 Å². The molecule has 1 aliphatic heterocycles. The zero-order valence-electron chi connectivity index (χ0n) is 12.7. The van der Waals surface area contributed by atoms with Crippen LogP contribution in [0.15, 0.2) is 12.3 Å². The van der Waals surface area contributed by atoms with Crippen LogP contribution in [-0.2, 0) is 11.3 Å². The average Bonchev–Trinajstić information content (AvgIpc) is 2.89. The molecule has 1 fully saturated rings. The van der Waals surface area contributed by atoms with Crippen molar-refractivity contribution in [2.75, 3.05) is 6.54 Å². The van der Waals surface area contributed by atoms with E-state index >= 15 is 0 Å². The van der Waals surface area contributed by atoms with Gasteiger partial charge in [-0.1, -0.05) is 6.92 Å². The third-order valence-electron chi connectivity index (χ3n) is 4.56. The van der Waals surface area contributed by atoms with Gasteiger partial charge < -0.3 is 5.11 Å². The standard InChI is InChI=1S/C15H25N3O2/c1-4-12(2)18-10-7-13(16-18)11-17-9-6-5-8-15(17,3)14(19)20/h7,10,12H,4-6,8-9,11H2,1-3H3,(H,19,20). The molecule has 0 bridgehead atoms. The van der Waals surface area contributed by atoms with E-state index in [1.165, 1.54) is 0 Å². The average molecular weight is 279 g/mol. The second-order valence-corrected chi connectivity index (χ2v) is 6.00. The zero-order valence-corrected chi connectivity index (χ0v) is 12.7. The van der Waals surface area contributed by atoms with Gasteiger partial charge in [-0.25, -0.2) is 0 Å². The number of carboxylic acids is 1. The second-order valence-electron chi connectivity index (χ2n) is 6.00. The van der Waals surface area contributed by atoms with Crippen molar-refractivity contribution in [3.63, 3.8) is 0 Å². The molecule has 0 amide bonds. The van der Waals surface area contributed by atoms with E-state index in [4.69, 9.17) is 0 Å². The summed E-state index contributed by atoms with van der Waals surface area (Å²) in [5.74, 6) is -0.724. The summed E-state index contributed by atoms with van der Waals surface area (Å²) in [5, 5.41) is 14.1. The Kier molecular flexibility index (Phi) is 4.48. The van der Waals surface area contributed by atoms with Crippen LogP contribution in [0, 0.1) is 0 Å². The van der Waals surface area contributed by atoms with E-state index in [0.717, 1.165) is 31.5 Å². The van der Waals surface area contributed by atoms with Crippen LogP contribution in [0.1, 0.15) is 58.2 Å². The Morgan fingerprint density at radius 3 is 2.95 bits per heavy atom. The Morgan fingerprint density at radius 1 is 1.55 bits per heavy atom. The van der Waals surface area contributed by atoms with Gasteiger partial charge in [-0.3, -0.25) is 14.4 Å². The minimum atomic E-state index is -0.752. The van der Waals surface area contributed by atoms with Crippen LogP contribution in [0.4, 0.5) is 0 Å². The number of hydrogen-bond acceptors (Lipinski definition) is 3. The summed E-state index contributed by atoms with van der Waals surface area (Å²) in [7, 11) is 0. The molecule has 2 unspecified atom stereocenters. The number of nitrogens with zero attached hydrogens (tertiary/aromatic N) is 3. The molecule has 0 aliphatic carbocycles. The van der Waals surface area contributed by atoms with Crippen molar-refractivity contribution in [1.29, 1.82) is 0 Å². The molecule has 1 aromatic rings. The predicted octanol–water partition coefficient (Wildman–Crippen LogP) is 2.68. The van der Waals surface area contributed by atoms with Gasteiger partial charge in [-0.05, 0) is 52.1 Å². The first kappa shape index (κ1) is 15.0. The van der Waals surface area contributed by atoms with E-state index in [9.17, 15) is 9.90 Å². The molecule has 2 rings (SSSR count). The van der Waals surface area contributed by atoms with E-state index in [1.54, 1.807) is 0 Å². The molecular weight excluding hydrogens is 254 g/mol. The molecule has 112 valence electrons. The van der Waals surface area contributed by atoms with Gasteiger partial charge in [0.15, 0.2) is 0 Å². The first-order valence-electron chi connectivity index (χ1n) is 7.50. The third-order valence-corrected chi connectivity index (χ3v) is 4.56. The maximum absolute atomic E-state index is 11.6. The highest BCUT2D eigenvalue weighted by molar-refractivity contribution is 5.78. The predicted molar refractivity (Wildman–Crippen MR) is 77.5 cm³/mol. The highest BCUT2D eigenvalue weighted by Gasteiger charge is 2.41. The SMILES string of the molecule is CCC(C)n1ccc(CN2CCCCC2(C)C(=O)O)n1. The molecular formula is C15H25N3O2. The Hall–Kier alpha value is -1.36. The largest absolute Gasteiger partial charge is 0.480 e. The van der Waals surface area contributed by atoms with Gasteiger partial charge in [0.25, 0.3) is 0 Å². The van der Waals surface area contributed by atoms with Crippen molar-refractivity contribution in [3.05, 3.63) is 18.0 Å². The molecule has 1 N–H and O–H groups in total. The topological polar surface area (TPSA) is 58.4 Å². The maximum Gasteiger partial charge on any atom is 0.323 e. The summed E-state index contributed by atoms with van der Waals surface area (Å²) >= 11 is 0. The number of likely N-dealkylation sites (tertiary alicyclic amines) is 1. The lowest BCUT2D eigenvalue weighted by atomic mass is 9.88. The summed E-state index contributed by atoms with van der Waals surface area (Å²) in [4.78, 5) is 13.6. The zero-order chi connectivity index (χ0) is 14.8. The molecule has 0 saturated carbocycles. The summed E-state index contributed by atoms with van der Waals surface area (Å²) in [5.41, 5.74) is 0.206. The van der Waals surface area contributed by atoms with Gasteiger partial charge >= 0.3 is 5.97 Å². The Labute approximate surface area is 120 Å². The van der Waals surface area contributed by atoms with Crippen molar-refractivity contribution < 1.29 is 9.90 Å². The summed E-state index contributed by atoms with van der Waals surface area (Å²) in [6.45, 7) is 7.56. The summed E-state index contributed by atoms with van der Waals surface area (Å²) in [6.07, 6.45) is 5.80. The van der Waals surface area contributed by atoms with Gasteiger partial charge in [0, 0.05) is 18.8 Å². The molecule has 0 radical (unpaired) electrons. The Balaban J connectivity index is 2.11. The normalized spacial score (nSPS) is 25.6. The summed E-state index contributed by atoms with van der Waals surface area (Å²) in [6, 6.07) is 2.39. The molecule has 2 heterocycles. The second kappa shape index (κ2) is 5.95. The molecule has 0 aromatic carbocycles. The minimum absolute atomic E-state index is 0.385. The number of rotatable bonds is 5. The van der Waals surface area contributed by atoms with Gasteiger partial charge in [-0.15, -0.1) is 0 Å². The van der Waals surface area contributed by atoms with Crippen LogP contribution in [0.2, 0.25) is 0 Å². The van der Waals surface area contributed by atoms with Crippen LogP contribution in [0.25, 0.3) is 0 Å². The molecule has 5 nitrogen and oxygen atoms in total. The number of hydrogen-bond donors (Lipinski definition) is 1. The van der Waals surface area contributed by atoms with E-state index in [-0.39, 0.29) is 0 Å². The molecule has 2 atom stereocenters. The minimum Gasteiger partial charge on any atom is -0.480 e. The molecule has 1 aromatic heterocycles. The molecule has 0 spiro atoms. The lowest BCUT2D eigenvalue weighted by Crippen LogP contribution is -2.54. The number of aromatic nitrogens is 2. The first-order chi connectivity index (χ1) is 9.47. The number of carbonyl (C=O) groups is 1. The van der Waals surface area contributed by atoms with Crippen molar-refractivity contribution in [2.45, 2.75) is 64.6 Å². The number of piperidine rings is 1. The highest BCUT2D eigenvalue weighted by atomic mass is 16.4. The van der Waals surface area contributed by atoms with Crippen LogP contribution in [0.5, 0.6) is 0 Å². The Morgan fingerprint density at radius 2 is 2.30 bits per heavy atom. The van der Waals surface area contributed by atoms with Crippen molar-refractivity contribution in [3.8, 4) is 0 Å². The maximum atomic E-state index is 11.6. The molecule has 1 aliphatic rings. The lowest BCUT2D eigenvalue weighted by molar-refractivity contribution is -0.153. The van der Waals surface area contributed by atoms with E-state index in [1.807, 2.05) is 23.9 Å². The number of aliphatic carboxylic acids is 1. The van der Waals surface area contributed by atoms with Gasteiger partial charge in [0.1, 0.15) is 5.54 Å². The van der Waals surface area contributed by atoms with Crippen LogP contribution in [0.3, 0.4) is 0 Å². The van der Waals surface area contributed by atoms with Crippen LogP contribution < -0.4 is 0 Å². The van der Waals surface area contributed by atoms with E-state index < -0.39 is 11.5 Å². The first-order valence-corrected chi connectivity index (χ1v) is 7.50. The van der Waals surface area contributed by atoms with Gasteiger partial charge in [0.05, 0.1) is 5.69 Å². The third kappa shape index (κ3) is 2.87. The number of carboxylic acid groups (broad SMARTS) is 1. The highest BCUT2D eigenvalue weighted by Crippen LogP contribution is 2.29. The van der Waals surface area contributed by atoms with Crippen molar-refractivity contribution >= 4 is 5.97 Å².